The van der Waals surface area contributed by atoms with Crippen molar-refractivity contribution in [1.29, 1.82) is 0 Å². The molecule has 0 aromatic carbocycles. The van der Waals surface area contributed by atoms with Gasteiger partial charge in [0.1, 0.15) is 0 Å². The second kappa shape index (κ2) is 9.82. The van der Waals surface area contributed by atoms with Crippen LogP contribution in [-0.4, -0.2) is 61.3 Å². The Morgan fingerprint density at radius 2 is 1.86 bits per heavy atom. The zero-order valence-corrected chi connectivity index (χ0v) is 20.4. The standard InChI is InChI=1S/C22H40N4O.HI/c1-4-23-21(25-19-18-12-14-27-20(18)22(19,2)3)24-16-9-8-13-26(15-16)17-10-6-5-7-11-17;/h16-20H,4-15H2,1-3H3,(H2,23,24,25);1H. The molecule has 0 aromatic heterocycles. The van der Waals surface area contributed by atoms with Crippen LogP contribution in [0.4, 0.5) is 0 Å². The number of ether oxygens (including phenoxy) is 1. The van der Waals surface area contributed by atoms with Gasteiger partial charge in [-0.3, -0.25) is 9.89 Å². The van der Waals surface area contributed by atoms with Crippen LogP contribution < -0.4 is 10.6 Å². The Labute approximate surface area is 188 Å². The van der Waals surface area contributed by atoms with E-state index in [4.69, 9.17) is 9.73 Å². The molecular formula is C22H41IN4O. The number of rotatable bonds is 4. The summed E-state index contributed by atoms with van der Waals surface area (Å²) in [6.45, 7) is 11.0. The average molecular weight is 505 g/mol. The molecule has 28 heavy (non-hydrogen) atoms. The molecule has 4 rings (SSSR count). The van der Waals surface area contributed by atoms with Crippen molar-refractivity contribution in [3.05, 3.63) is 0 Å². The molecule has 4 fully saturated rings. The maximum Gasteiger partial charge on any atom is 0.191 e. The van der Waals surface area contributed by atoms with Gasteiger partial charge in [0.05, 0.1) is 6.10 Å². The van der Waals surface area contributed by atoms with Crippen LogP contribution in [0.15, 0.2) is 4.99 Å². The number of hydrogen-bond donors (Lipinski definition) is 2. The highest BCUT2D eigenvalue weighted by atomic mass is 127. The lowest BCUT2D eigenvalue weighted by molar-refractivity contribution is -0.106. The molecule has 2 saturated carbocycles. The van der Waals surface area contributed by atoms with E-state index in [1.165, 1.54) is 64.5 Å². The third-order valence-corrected chi connectivity index (χ3v) is 7.59. The first-order chi connectivity index (χ1) is 13.1. The summed E-state index contributed by atoms with van der Waals surface area (Å²) in [5, 5.41) is 7.60. The van der Waals surface area contributed by atoms with Crippen LogP contribution in [-0.2, 0) is 4.74 Å². The van der Waals surface area contributed by atoms with E-state index in [-0.39, 0.29) is 29.4 Å². The topological polar surface area (TPSA) is 48.9 Å². The molecule has 2 aliphatic heterocycles. The van der Waals surface area contributed by atoms with E-state index in [9.17, 15) is 0 Å². The highest BCUT2D eigenvalue weighted by molar-refractivity contribution is 14.0. The van der Waals surface area contributed by atoms with Crippen molar-refractivity contribution < 1.29 is 4.74 Å². The predicted octanol–water partition coefficient (Wildman–Crippen LogP) is 3.77. The average Bonchev–Trinajstić information content (AvgIpc) is 3.14. The van der Waals surface area contributed by atoms with E-state index in [1.807, 2.05) is 0 Å². The van der Waals surface area contributed by atoms with Crippen LogP contribution >= 0.6 is 24.0 Å². The van der Waals surface area contributed by atoms with E-state index in [0.29, 0.717) is 24.1 Å². The Hall–Kier alpha value is -0.0800. The van der Waals surface area contributed by atoms with Gasteiger partial charge < -0.3 is 15.4 Å². The van der Waals surface area contributed by atoms with Crippen molar-refractivity contribution in [3.63, 3.8) is 0 Å². The fraction of sp³-hybridized carbons (Fsp3) is 0.955. The molecule has 4 unspecified atom stereocenters. The number of nitrogens with one attached hydrogen (secondary N) is 2. The van der Waals surface area contributed by atoms with Crippen molar-refractivity contribution in [2.45, 2.75) is 96.4 Å². The molecule has 0 amide bonds. The van der Waals surface area contributed by atoms with Crippen LogP contribution in [0.25, 0.3) is 0 Å². The summed E-state index contributed by atoms with van der Waals surface area (Å²) >= 11 is 0. The second-order valence-corrected chi connectivity index (χ2v) is 9.78. The Balaban J connectivity index is 0.00000225. The molecular weight excluding hydrogens is 463 g/mol. The summed E-state index contributed by atoms with van der Waals surface area (Å²) in [6.07, 6.45) is 11.3. The maximum atomic E-state index is 5.96. The van der Waals surface area contributed by atoms with Gasteiger partial charge in [-0.05, 0) is 45.6 Å². The normalized spacial score (nSPS) is 36.2. The molecule has 4 aliphatic rings. The van der Waals surface area contributed by atoms with Crippen molar-refractivity contribution in [3.8, 4) is 0 Å². The minimum absolute atomic E-state index is 0. The van der Waals surface area contributed by atoms with Crippen LogP contribution in [0, 0.1) is 11.3 Å². The molecule has 0 spiro atoms. The van der Waals surface area contributed by atoms with Crippen LogP contribution in [0.2, 0.25) is 0 Å². The van der Waals surface area contributed by atoms with Crippen molar-refractivity contribution in [2.75, 3.05) is 26.2 Å². The number of aliphatic imine (C=N–C) groups is 1. The number of hydrogen-bond acceptors (Lipinski definition) is 3. The van der Waals surface area contributed by atoms with E-state index < -0.39 is 0 Å². The molecule has 162 valence electrons. The molecule has 2 N–H and O–H groups in total. The molecule has 6 heteroatoms. The molecule has 0 radical (unpaired) electrons. The molecule has 5 nitrogen and oxygen atoms in total. The van der Waals surface area contributed by atoms with E-state index in [1.54, 1.807) is 0 Å². The third-order valence-electron chi connectivity index (χ3n) is 7.59. The summed E-state index contributed by atoms with van der Waals surface area (Å²) in [7, 11) is 0. The molecule has 0 bridgehead atoms. The molecule has 2 aliphatic carbocycles. The highest BCUT2D eigenvalue weighted by Crippen LogP contribution is 2.52. The molecule has 2 saturated heterocycles. The molecule has 2 heterocycles. The lowest BCUT2D eigenvalue weighted by atomic mass is 9.57. The van der Waals surface area contributed by atoms with Crippen molar-refractivity contribution >= 4 is 29.9 Å². The van der Waals surface area contributed by atoms with E-state index in [2.05, 4.69) is 36.3 Å². The van der Waals surface area contributed by atoms with Crippen LogP contribution in [0.3, 0.4) is 0 Å². The van der Waals surface area contributed by atoms with Gasteiger partial charge in [0.15, 0.2) is 5.96 Å². The lowest BCUT2D eigenvalue weighted by Gasteiger charge is -2.55. The van der Waals surface area contributed by atoms with Crippen LogP contribution in [0.5, 0.6) is 0 Å². The minimum Gasteiger partial charge on any atom is -0.377 e. The summed E-state index contributed by atoms with van der Waals surface area (Å²) in [5.74, 6) is 1.67. The molecule has 4 atom stereocenters. The van der Waals surface area contributed by atoms with Gasteiger partial charge in [-0.25, -0.2) is 0 Å². The number of likely N-dealkylation sites (tertiary alicyclic amines) is 1. The fourth-order valence-corrected chi connectivity index (χ4v) is 6.15. The van der Waals surface area contributed by atoms with Crippen LogP contribution in [0.1, 0.15) is 72.1 Å². The summed E-state index contributed by atoms with van der Waals surface area (Å²) in [4.78, 5) is 7.55. The Morgan fingerprint density at radius 1 is 1.07 bits per heavy atom. The zero-order chi connectivity index (χ0) is 18.9. The first-order valence-electron chi connectivity index (χ1n) is 11.5. The first kappa shape index (κ1) is 22.6. The number of nitrogens with zero attached hydrogens (tertiary/aromatic N) is 2. The number of halogens is 1. The van der Waals surface area contributed by atoms with Gasteiger partial charge in [0.2, 0.25) is 0 Å². The van der Waals surface area contributed by atoms with Gasteiger partial charge in [-0.2, -0.15) is 0 Å². The minimum atomic E-state index is 0. The largest absolute Gasteiger partial charge is 0.377 e. The zero-order valence-electron chi connectivity index (χ0n) is 18.1. The van der Waals surface area contributed by atoms with E-state index >= 15 is 0 Å². The fourth-order valence-electron chi connectivity index (χ4n) is 6.15. The maximum absolute atomic E-state index is 5.96. The monoisotopic (exact) mass is 504 g/mol. The van der Waals surface area contributed by atoms with Crippen molar-refractivity contribution in [2.24, 2.45) is 16.3 Å². The van der Waals surface area contributed by atoms with Gasteiger partial charge in [0, 0.05) is 49.2 Å². The number of piperidine rings is 1. The number of fused-ring (bicyclic) bond motifs is 1. The Bertz CT molecular complexity index is 535. The quantitative estimate of drug-likeness (QED) is 0.348. The lowest BCUT2D eigenvalue weighted by Crippen LogP contribution is -2.68. The predicted molar refractivity (Wildman–Crippen MR) is 127 cm³/mol. The molecule has 0 aromatic rings. The van der Waals surface area contributed by atoms with Gasteiger partial charge in [0.25, 0.3) is 0 Å². The summed E-state index contributed by atoms with van der Waals surface area (Å²) in [5.41, 5.74) is 0.193. The smallest absolute Gasteiger partial charge is 0.191 e. The number of guanidine groups is 1. The van der Waals surface area contributed by atoms with E-state index in [0.717, 1.165) is 25.2 Å². The second-order valence-electron chi connectivity index (χ2n) is 9.78. The van der Waals surface area contributed by atoms with Gasteiger partial charge >= 0.3 is 0 Å². The third kappa shape index (κ3) is 4.64. The summed E-state index contributed by atoms with van der Waals surface area (Å²) in [6, 6.07) is 1.82. The van der Waals surface area contributed by atoms with Gasteiger partial charge in [-0.1, -0.05) is 33.1 Å². The first-order valence-corrected chi connectivity index (χ1v) is 11.5. The SMILES string of the molecule is CCN=C(NC1CCCN(C2CCCCC2)C1)NC1C2CCOC2C1(C)C.I. The van der Waals surface area contributed by atoms with Gasteiger partial charge in [-0.15, -0.1) is 24.0 Å². The Morgan fingerprint density at radius 3 is 2.61 bits per heavy atom. The Kier molecular flexibility index (Phi) is 7.93. The summed E-state index contributed by atoms with van der Waals surface area (Å²) < 4.78 is 5.96. The van der Waals surface area contributed by atoms with Crippen molar-refractivity contribution in [1.82, 2.24) is 15.5 Å². The highest BCUT2D eigenvalue weighted by Gasteiger charge is 2.59.